The number of pyridine rings is 1. The lowest BCUT2D eigenvalue weighted by molar-refractivity contribution is 0.138. The Balaban J connectivity index is 2.10. The Labute approximate surface area is 184 Å². The number of allylic oxidation sites excluding steroid dienone is 2. The third kappa shape index (κ3) is 5.02. The van der Waals surface area contributed by atoms with E-state index in [9.17, 15) is 8.42 Å². The lowest BCUT2D eigenvalue weighted by atomic mass is 10.1. The fourth-order valence-electron chi connectivity index (χ4n) is 3.51. The minimum atomic E-state index is -4.07. The van der Waals surface area contributed by atoms with Gasteiger partial charge in [-0.15, -0.1) is 0 Å². The average molecular weight is 443 g/mol. The summed E-state index contributed by atoms with van der Waals surface area (Å²) in [6.45, 7) is 11.8. The minimum Gasteiger partial charge on any atom is -0.465 e. The maximum Gasteiger partial charge on any atom is 0.286 e. The van der Waals surface area contributed by atoms with Crippen molar-refractivity contribution in [1.82, 2.24) is 14.6 Å². The van der Waals surface area contributed by atoms with E-state index < -0.39 is 16.3 Å². The van der Waals surface area contributed by atoms with Crippen LogP contribution >= 0.6 is 0 Å². The van der Waals surface area contributed by atoms with Crippen molar-refractivity contribution in [3.05, 3.63) is 71.1 Å². The number of hydrogen-bond acceptors (Lipinski definition) is 6. The summed E-state index contributed by atoms with van der Waals surface area (Å²) in [5.74, 6) is 1.18. The molecule has 1 atom stereocenters. The molecular weight excluding hydrogens is 412 g/mol. The second-order valence-electron chi connectivity index (χ2n) is 8.75. The van der Waals surface area contributed by atoms with Gasteiger partial charge in [0.05, 0.1) is 0 Å². The Morgan fingerprint density at radius 3 is 2.35 bits per heavy atom. The molecule has 1 aliphatic rings. The van der Waals surface area contributed by atoms with Crippen molar-refractivity contribution in [1.29, 1.82) is 0 Å². The van der Waals surface area contributed by atoms with Crippen molar-refractivity contribution in [3.63, 3.8) is 0 Å². The van der Waals surface area contributed by atoms with Crippen molar-refractivity contribution >= 4 is 15.8 Å². The molecule has 2 heterocycles. The Morgan fingerprint density at radius 2 is 1.77 bits per heavy atom. The van der Waals surface area contributed by atoms with E-state index in [2.05, 4.69) is 10.3 Å². The number of aryl methyl sites for hydroxylation is 3. The molecule has 0 fully saturated rings. The molecule has 0 saturated carbocycles. The largest absolute Gasteiger partial charge is 0.465 e. The summed E-state index contributed by atoms with van der Waals surface area (Å²) in [5, 5.41) is 3.13. The van der Waals surface area contributed by atoms with Crippen molar-refractivity contribution in [3.8, 4) is 5.75 Å². The molecular formula is C23H30N4O3S. The van der Waals surface area contributed by atoms with E-state index in [-0.39, 0.29) is 16.4 Å². The van der Waals surface area contributed by atoms with E-state index in [1.165, 1.54) is 10.4 Å². The van der Waals surface area contributed by atoms with Gasteiger partial charge in [-0.05, 0) is 77.0 Å². The molecule has 3 N–H and O–H groups in total. The first kappa shape index (κ1) is 22.7. The number of aromatic nitrogens is 1. The van der Waals surface area contributed by atoms with Crippen LogP contribution in [0.1, 0.15) is 37.5 Å². The van der Waals surface area contributed by atoms with Gasteiger partial charge in [0.1, 0.15) is 17.4 Å². The van der Waals surface area contributed by atoms with Gasteiger partial charge in [0.25, 0.3) is 10.0 Å². The van der Waals surface area contributed by atoms with Gasteiger partial charge in [0.2, 0.25) is 6.23 Å². The number of nitrogen functional groups attached to an aromatic ring is 1. The zero-order valence-electron chi connectivity index (χ0n) is 18.8. The Morgan fingerprint density at radius 1 is 1.13 bits per heavy atom. The Kier molecular flexibility index (Phi) is 6.04. The van der Waals surface area contributed by atoms with E-state index in [0.717, 1.165) is 16.7 Å². The summed E-state index contributed by atoms with van der Waals surface area (Å²) in [4.78, 5) is 4.05. The summed E-state index contributed by atoms with van der Waals surface area (Å²) >= 11 is 0. The number of anilines is 1. The van der Waals surface area contributed by atoms with E-state index in [1.807, 2.05) is 53.7 Å². The molecule has 0 saturated heterocycles. The monoisotopic (exact) mass is 442 g/mol. The van der Waals surface area contributed by atoms with E-state index >= 15 is 0 Å². The second-order valence-corrected chi connectivity index (χ2v) is 10.5. The van der Waals surface area contributed by atoms with Gasteiger partial charge in [0.15, 0.2) is 5.03 Å². The molecule has 0 spiro atoms. The highest BCUT2D eigenvalue weighted by atomic mass is 32.2. The molecule has 1 unspecified atom stereocenters. The SMILES string of the molecule is Cc1cc(C)c(OC2C=CC=C(NC(C)(C)C)N2S(=O)(=O)c2cccc(N)n2)c(C)c1. The normalized spacial score (nSPS) is 16.8. The quantitative estimate of drug-likeness (QED) is 0.731. The van der Waals surface area contributed by atoms with Gasteiger partial charge in [-0.1, -0.05) is 29.8 Å². The first-order chi connectivity index (χ1) is 14.4. The van der Waals surface area contributed by atoms with Gasteiger partial charge in [-0.3, -0.25) is 0 Å². The molecule has 0 amide bonds. The number of hydrogen-bond donors (Lipinski definition) is 2. The predicted octanol–water partition coefficient (Wildman–Crippen LogP) is 3.78. The zero-order valence-corrected chi connectivity index (χ0v) is 19.6. The zero-order chi connectivity index (χ0) is 23.0. The third-order valence-corrected chi connectivity index (χ3v) is 6.29. The maximum absolute atomic E-state index is 13.7. The van der Waals surface area contributed by atoms with Gasteiger partial charge in [0, 0.05) is 5.54 Å². The summed E-state index contributed by atoms with van der Waals surface area (Å²) in [6, 6.07) is 8.57. The van der Waals surface area contributed by atoms with Crippen LogP contribution in [0, 0.1) is 20.8 Å². The molecule has 1 aromatic carbocycles. The van der Waals surface area contributed by atoms with Crippen LogP contribution in [-0.2, 0) is 10.0 Å². The van der Waals surface area contributed by atoms with Crippen molar-refractivity contribution < 1.29 is 13.2 Å². The fraction of sp³-hybridized carbons (Fsp3) is 0.348. The predicted molar refractivity (Wildman–Crippen MR) is 123 cm³/mol. The molecule has 0 bridgehead atoms. The van der Waals surface area contributed by atoms with Crippen molar-refractivity contribution in [2.75, 3.05) is 5.73 Å². The molecule has 7 nitrogen and oxygen atoms in total. The topological polar surface area (TPSA) is 97.5 Å². The van der Waals surface area contributed by atoms with Crippen molar-refractivity contribution in [2.24, 2.45) is 0 Å². The summed E-state index contributed by atoms with van der Waals surface area (Å²) in [7, 11) is -4.07. The lowest BCUT2D eigenvalue weighted by Gasteiger charge is -2.37. The molecule has 8 heteroatoms. The van der Waals surface area contributed by atoms with Gasteiger partial charge in [-0.2, -0.15) is 8.42 Å². The maximum atomic E-state index is 13.7. The third-order valence-electron chi connectivity index (χ3n) is 4.61. The van der Waals surface area contributed by atoms with Crippen LogP contribution in [0.3, 0.4) is 0 Å². The Bertz CT molecular complexity index is 1120. The number of nitrogens with two attached hydrogens (primary N) is 1. The number of sulfonamides is 1. The number of nitrogens with one attached hydrogen (secondary N) is 1. The molecule has 3 rings (SSSR count). The van der Waals surface area contributed by atoms with Crippen LogP contribution in [0.5, 0.6) is 5.75 Å². The fourth-order valence-corrected chi connectivity index (χ4v) is 4.94. The second kappa shape index (κ2) is 8.26. The summed E-state index contributed by atoms with van der Waals surface area (Å²) in [6.07, 6.45) is 4.31. The van der Waals surface area contributed by atoms with Crippen LogP contribution in [-0.4, -0.2) is 29.5 Å². The molecule has 1 aromatic heterocycles. The summed E-state index contributed by atoms with van der Waals surface area (Å²) in [5.41, 5.74) is 8.37. The number of rotatable bonds is 5. The van der Waals surface area contributed by atoms with E-state index in [1.54, 1.807) is 30.4 Å². The van der Waals surface area contributed by atoms with Crippen LogP contribution in [0.4, 0.5) is 5.82 Å². The number of nitrogens with zero attached hydrogens (tertiary/aromatic N) is 2. The molecule has 0 radical (unpaired) electrons. The smallest absolute Gasteiger partial charge is 0.286 e. The summed E-state index contributed by atoms with van der Waals surface area (Å²) < 4.78 is 34.9. The van der Waals surface area contributed by atoms with Gasteiger partial charge in [-0.25, -0.2) is 9.29 Å². The number of benzene rings is 1. The molecule has 31 heavy (non-hydrogen) atoms. The average Bonchev–Trinajstić information content (AvgIpc) is 2.63. The van der Waals surface area contributed by atoms with Crippen LogP contribution in [0.2, 0.25) is 0 Å². The molecule has 166 valence electrons. The molecule has 2 aromatic rings. The highest BCUT2D eigenvalue weighted by Gasteiger charge is 2.37. The van der Waals surface area contributed by atoms with E-state index in [0.29, 0.717) is 11.6 Å². The first-order valence-electron chi connectivity index (χ1n) is 10.1. The van der Waals surface area contributed by atoms with Gasteiger partial charge < -0.3 is 15.8 Å². The van der Waals surface area contributed by atoms with Crippen molar-refractivity contribution in [2.45, 2.75) is 58.3 Å². The highest BCUT2D eigenvalue weighted by molar-refractivity contribution is 7.89. The number of ether oxygens (including phenoxy) is 1. The molecule has 1 aliphatic heterocycles. The van der Waals surface area contributed by atoms with Crippen LogP contribution < -0.4 is 15.8 Å². The first-order valence-corrected chi connectivity index (χ1v) is 11.5. The van der Waals surface area contributed by atoms with Crippen LogP contribution in [0.15, 0.2) is 59.4 Å². The molecule has 0 aliphatic carbocycles. The standard InChI is InChI=1S/C23H30N4O3S/c1-15-13-16(2)22(17(3)14-15)30-21-12-8-10-19(26-23(4,5)6)27(21)31(28,29)20-11-7-9-18(24)25-20/h7-14,21,26H,1-6H3,(H2,24,25). The Hall–Kier alpha value is -3.00. The lowest BCUT2D eigenvalue weighted by Crippen LogP contribution is -2.50. The van der Waals surface area contributed by atoms with Gasteiger partial charge >= 0.3 is 0 Å². The van der Waals surface area contributed by atoms with Crippen LogP contribution in [0.25, 0.3) is 0 Å². The minimum absolute atomic E-state index is 0.130. The van der Waals surface area contributed by atoms with E-state index in [4.69, 9.17) is 10.5 Å². The highest BCUT2D eigenvalue weighted by Crippen LogP contribution is 2.31.